The molecule has 1 N–H and O–H groups in total. The second-order valence-corrected chi connectivity index (χ2v) is 5.19. The highest BCUT2D eigenvalue weighted by Crippen LogP contribution is 2.60. The van der Waals surface area contributed by atoms with Crippen LogP contribution in [0.3, 0.4) is 0 Å². The molecule has 1 aliphatic rings. The fraction of sp³-hybridized carbons (Fsp3) is 0.571. The maximum Gasteiger partial charge on any atom is 0.0568 e. The van der Waals surface area contributed by atoms with Crippen LogP contribution in [0.2, 0.25) is 0 Å². The highest BCUT2D eigenvalue weighted by molar-refractivity contribution is 5.23. The summed E-state index contributed by atoms with van der Waals surface area (Å²) in [5.41, 5.74) is 1.54. The van der Waals surface area contributed by atoms with Crippen LogP contribution in [0.25, 0.3) is 0 Å². The third-order valence-electron chi connectivity index (χ3n) is 4.23. The third-order valence-corrected chi connectivity index (χ3v) is 4.23. The summed E-state index contributed by atoms with van der Waals surface area (Å²) in [4.78, 5) is 0. The minimum Gasteiger partial charge on any atom is -0.393 e. The van der Waals surface area contributed by atoms with Crippen molar-refractivity contribution in [2.45, 2.75) is 39.2 Å². The minimum absolute atomic E-state index is 0.148. The molecule has 2 rings (SSSR count). The molecule has 1 aromatic carbocycles. The fourth-order valence-corrected chi connectivity index (χ4v) is 2.63. The van der Waals surface area contributed by atoms with Crippen LogP contribution in [0.4, 0.5) is 0 Å². The van der Waals surface area contributed by atoms with E-state index in [-0.39, 0.29) is 11.5 Å². The van der Waals surface area contributed by atoms with Crippen molar-refractivity contribution in [3.63, 3.8) is 0 Å². The van der Waals surface area contributed by atoms with Crippen LogP contribution in [0.5, 0.6) is 0 Å². The molecule has 1 unspecified atom stereocenters. The Labute approximate surface area is 92.1 Å². The maximum absolute atomic E-state index is 9.72. The lowest BCUT2D eigenvalue weighted by atomic mass is 9.89. The van der Waals surface area contributed by atoms with E-state index in [1.165, 1.54) is 5.56 Å². The van der Waals surface area contributed by atoms with E-state index in [1.54, 1.807) is 0 Å². The van der Waals surface area contributed by atoms with E-state index in [2.05, 4.69) is 44.2 Å². The van der Waals surface area contributed by atoms with E-state index in [9.17, 15) is 5.11 Å². The predicted octanol–water partition coefficient (Wildman–Crippen LogP) is 3.20. The molecule has 0 bridgehead atoms. The van der Waals surface area contributed by atoms with Crippen molar-refractivity contribution in [3.05, 3.63) is 35.9 Å². The van der Waals surface area contributed by atoms with Crippen molar-refractivity contribution in [3.8, 4) is 0 Å². The van der Waals surface area contributed by atoms with Crippen molar-refractivity contribution < 1.29 is 5.11 Å². The molecular formula is C14H20O. The lowest BCUT2D eigenvalue weighted by Gasteiger charge is -2.19. The molecule has 0 aromatic heterocycles. The van der Waals surface area contributed by atoms with Gasteiger partial charge in [0.25, 0.3) is 0 Å². The summed E-state index contributed by atoms with van der Waals surface area (Å²) in [6.45, 7) is 6.38. The molecule has 4 atom stereocenters. The molecule has 0 amide bonds. The second kappa shape index (κ2) is 3.64. The van der Waals surface area contributed by atoms with Gasteiger partial charge in [0.15, 0.2) is 0 Å². The van der Waals surface area contributed by atoms with Gasteiger partial charge in [0.2, 0.25) is 0 Å². The zero-order valence-corrected chi connectivity index (χ0v) is 9.77. The van der Waals surface area contributed by atoms with E-state index in [1.807, 2.05) is 6.92 Å². The smallest absolute Gasteiger partial charge is 0.0568 e. The Kier molecular flexibility index (Phi) is 2.59. The van der Waals surface area contributed by atoms with Gasteiger partial charge >= 0.3 is 0 Å². The van der Waals surface area contributed by atoms with E-state index < -0.39 is 0 Å². The summed E-state index contributed by atoms with van der Waals surface area (Å²) in [7, 11) is 0. The maximum atomic E-state index is 9.72. The Morgan fingerprint density at radius 1 is 1.27 bits per heavy atom. The van der Waals surface area contributed by atoms with Gasteiger partial charge in [0.05, 0.1) is 6.10 Å². The Bertz CT molecular complexity index is 330. The van der Waals surface area contributed by atoms with Crippen molar-refractivity contribution in [1.29, 1.82) is 0 Å². The molecule has 0 spiro atoms. The lowest BCUT2D eigenvalue weighted by Crippen LogP contribution is -2.18. The molecule has 1 saturated carbocycles. The average Bonchev–Trinajstić information content (AvgIpc) is 2.93. The molecular weight excluding hydrogens is 184 g/mol. The molecule has 15 heavy (non-hydrogen) atoms. The summed E-state index contributed by atoms with van der Waals surface area (Å²) >= 11 is 0. The molecule has 1 fully saturated rings. The number of rotatable bonds is 3. The molecule has 82 valence electrons. The average molecular weight is 204 g/mol. The Balaban J connectivity index is 2.09. The monoisotopic (exact) mass is 204 g/mol. The number of benzene rings is 1. The summed E-state index contributed by atoms with van der Waals surface area (Å²) in [6, 6.07) is 10.6. The molecule has 1 aromatic rings. The largest absolute Gasteiger partial charge is 0.393 e. The SMILES string of the molecule is CC(O)[C@]1(C)C[C@H]1[C@@H](C)c1ccccc1. The van der Waals surface area contributed by atoms with Crippen molar-refractivity contribution in [1.82, 2.24) is 0 Å². The molecule has 1 aliphatic carbocycles. The van der Waals surface area contributed by atoms with Gasteiger partial charge in [-0.05, 0) is 36.2 Å². The standard InChI is InChI=1S/C14H20O/c1-10(12-7-5-4-6-8-12)13-9-14(13,3)11(2)15/h4-8,10-11,13,15H,9H2,1-3H3/t10-,11?,13-,14-/m0/s1. The highest BCUT2D eigenvalue weighted by atomic mass is 16.3. The molecule has 0 heterocycles. The van der Waals surface area contributed by atoms with Gasteiger partial charge in [0.1, 0.15) is 0 Å². The number of aliphatic hydroxyl groups excluding tert-OH is 1. The molecule has 1 heteroatoms. The molecule has 0 radical (unpaired) electrons. The first-order chi connectivity index (χ1) is 7.05. The van der Waals surface area contributed by atoms with E-state index >= 15 is 0 Å². The van der Waals surface area contributed by atoms with Crippen LogP contribution in [0.1, 0.15) is 38.7 Å². The number of aliphatic hydroxyl groups is 1. The van der Waals surface area contributed by atoms with Gasteiger partial charge in [-0.25, -0.2) is 0 Å². The Morgan fingerprint density at radius 2 is 1.87 bits per heavy atom. The van der Waals surface area contributed by atoms with Crippen LogP contribution in [0, 0.1) is 11.3 Å². The van der Waals surface area contributed by atoms with Crippen LogP contribution in [-0.2, 0) is 0 Å². The Hall–Kier alpha value is -0.820. The van der Waals surface area contributed by atoms with Gasteiger partial charge in [-0.2, -0.15) is 0 Å². The first kappa shape index (κ1) is 10.7. The van der Waals surface area contributed by atoms with Crippen molar-refractivity contribution in [2.24, 2.45) is 11.3 Å². The predicted molar refractivity (Wildman–Crippen MR) is 62.8 cm³/mol. The number of hydrogen-bond donors (Lipinski definition) is 1. The van der Waals surface area contributed by atoms with Crippen molar-refractivity contribution >= 4 is 0 Å². The summed E-state index contributed by atoms with van der Waals surface area (Å²) in [5, 5.41) is 9.72. The fourth-order valence-electron chi connectivity index (χ4n) is 2.63. The van der Waals surface area contributed by atoms with Gasteiger partial charge in [0, 0.05) is 0 Å². The Morgan fingerprint density at radius 3 is 2.33 bits per heavy atom. The van der Waals surface area contributed by atoms with Gasteiger partial charge in [-0.1, -0.05) is 44.2 Å². The molecule has 0 aliphatic heterocycles. The zero-order chi connectivity index (χ0) is 11.1. The molecule has 1 nitrogen and oxygen atoms in total. The van der Waals surface area contributed by atoms with E-state index in [0.29, 0.717) is 11.8 Å². The first-order valence-electron chi connectivity index (χ1n) is 5.78. The second-order valence-electron chi connectivity index (χ2n) is 5.19. The topological polar surface area (TPSA) is 20.2 Å². The van der Waals surface area contributed by atoms with Crippen LogP contribution in [-0.4, -0.2) is 11.2 Å². The lowest BCUT2D eigenvalue weighted by molar-refractivity contribution is 0.108. The summed E-state index contributed by atoms with van der Waals surface area (Å²) in [6.07, 6.45) is 0.967. The van der Waals surface area contributed by atoms with Crippen LogP contribution >= 0.6 is 0 Å². The molecule has 0 saturated heterocycles. The van der Waals surface area contributed by atoms with Crippen molar-refractivity contribution in [2.75, 3.05) is 0 Å². The third kappa shape index (κ3) is 1.81. The van der Waals surface area contributed by atoms with E-state index in [4.69, 9.17) is 0 Å². The number of hydrogen-bond acceptors (Lipinski definition) is 1. The van der Waals surface area contributed by atoms with Gasteiger partial charge < -0.3 is 5.11 Å². The normalized spacial score (nSPS) is 33.5. The summed E-state index contributed by atoms with van der Waals surface area (Å²) in [5.74, 6) is 1.20. The van der Waals surface area contributed by atoms with Gasteiger partial charge in [-0.3, -0.25) is 0 Å². The minimum atomic E-state index is -0.186. The van der Waals surface area contributed by atoms with Crippen LogP contribution in [0.15, 0.2) is 30.3 Å². The first-order valence-corrected chi connectivity index (χ1v) is 5.78. The van der Waals surface area contributed by atoms with Crippen LogP contribution < -0.4 is 0 Å². The highest BCUT2D eigenvalue weighted by Gasteiger charge is 2.55. The zero-order valence-electron chi connectivity index (χ0n) is 9.77. The quantitative estimate of drug-likeness (QED) is 0.801. The van der Waals surface area contributed by atoms with Gasteiger partial charge in [-0.15, -0.1) is 0 Å². The summed E-state index contributed by atoms with van der Waals surface area (Å²) < 4.78 is 0. The van der Waals surface area contributed by atoms with E-state index in [0.717, 1.165) is 6.42 Å².